The molecule has 0 bridgehead atoms. The molecule has 0 N–H and O–H groups in total. The van der Waals surface area contributed by atoms with E-state index in [1.165, 1.54) is 22.3 Å². The number of fused-ring (bicyclic) bond motifs is 2. The van der Waals surface area contributed by atoms with Gasteiger partial charge < -0.3 is 56.3 Å². The van der Waals surface area contributed by atoms with Crippen molar-refractivity contribution >= 4 is 11.9 Å². The second kappa shape index (κ2) is 22.4. The maximum absolute atomic E-state index is 12.8. The molecule has 0 fully saturated rings. The molecule has 4 aromatic rings. The maximum Gasteiger partial charge on any atom is 0.331 e. The minimum atomic E-state index is -0.590. The van der Waals surface area contributed by atoms with Crippen molar-refractivity contribution in [3.05, 3.63) is 106 Å². The van der Waals surface area contributed by atoms with Crippen LogP contribution in [0.2, 0.25) is 0 Å². The van der Waals surface area contributed by atoms with E-state index in [4.69, 9.17) is 47.4 Å². The Kier molecular flexibility index (Phi) is 16.7. The Morgan fingerprint density at radius 1 is 0.485 bits per heavy atom. The molecule has 0 spiro atoms. The molecule has 14 heteroatoms. The number of nitrogens with zero attached hydrogens (tertiary/aromatic N) is 2. The fourth-order valence-electron chi connectivity index (χ4n) is 9.75. The van der Waals surface area contributed by atoms with Crippen LogP contribution in [0.1, 0.15) is 58.3 Å². The van der Waals surface area contributed by atoms with Gasteiger partial charge in [-0.25, -0.2) is 9.59 Å². The lowest BCUT2D eigenvalue weighted by Crippen LogP contribution is -2.52. The Labute approximate surface area is 390 Å². The fraction of sp³-hybridized carbons (Fsp3) is 0.462. The number of quaternary nitrogens is 2. The monoisotopic (exact) mass is 912 g/mol. The Morgan fingerprint density at radius 3 is 1.17 bits per heavy atom. The number of rotatable bonds is 22. The number of carbonyl (C=O) groups excluding carboxylic acids is 2. The molecule has 356 valence electrons. The van der Waals surface area contributed by atoms with E-state index in [0.717, 1.165) is 84.1 Å². The molecule has 0 amide bonds. The first-order chi connectivity index (χ1) is 31.9. The SMILES string of the molecule is COc1ccc(CC2c3cc(OC)c(OC)cc3CC[N+]2(C)CCCOC(=O)C=CC(=O)OCCC[N+]2(C)CCc3cc(OC)c(OC)cc3C2Cc2ccc(OC)c(OC)c2)cc1OC. The molecule has 2 heterocycles. The van der Waals surface area contributed by atoms with Crippen LogP contribution in [-0.4, -0.2) is 131 Å². The number of ether oxygens (including phenoxy) is 10. The molecular formula is C52H68N2O12+2. The van der Waals surface area contributed by atoms with Crippen LogP contribution in [0.3, 0.4) is 0 Å². The molecule has 14 nitrogen and oxygen atoms in total. The Balaban J connectivity index is 1.04. The van der Waals surface area contributed by atoms with Gasteiger partial charge in [0.15, 0.2) is 46.0 Å². The number of hydrogen-bond donors (Lipinski definition) is 0. The largest absolute Gasteiger partial charge is 0.493 e. The van der Waals surface area contributed by atoms with Crippen LogP contribution in [0.15, 0.2) is 72.8 Å². The molecule has 4 unspecified atom stereocenters. The van der Waals surface area contributed by atoms with E-state index >= 15 is 0 Å². The molecule has 66 heavy (non-hydrogen) atoms. The first-order valence-corrected chi connectivity index (χ1v) is 22.5. The molecule has 0 saturated carbocycles. The molecule has 0 radical (unpaired) electrons. The summed E-state index contributed by atoms with van der Waals surface area (Å²) in [5.74, 6) is 4.31. The second-order valence-corrected chi connectivity index (χ2v) is 17.4. The van der Waals surface area contributed by atoms with Crippen LogP contribution < -0.4 is 37.9 Å². The topological polar surface area (TPSA) is 126 Å². The highest BCUT2D eigenvalue weighted by atomic mass is 16.5. The minimum Gasteiger partial charge on any atom is -0.493 e. The fourth-order valence-corrected chi connectivity index (χ4v) is 9.75. The lowest BCUT2D eigenvalue weighted by atomic mass is 9.86. The summed E-state index contributed by atoms with van der Waals surface area (Å²) in [6.07, 6.45) is 6.73. The minimum absolute atomic E-state index is 0.0726. The third-order valence-corrected chi connectivity index (χ3v) is 13.5. The van der Waals surface area contributed by atoms with Gasteiger partial charge in [0.25, 0.3) is 0 Å². The van der Waals surface area contributed by atoms with Gasteiger partial charge in [-0.05, 0) is 70.8 Å². The molecular weight excluding hydrogens is 845 g/mol. The number of likely N-dealkylation sites (N-methyl/N-ethyl adjacent to an activating group) is 2. The van der Waals surface area contributed by atoms with Gasteiger partial charge in [-0.3, -0.25) is 0 Å². The zero-order valence-corrected chi connectivity index (χ0v) is 40.4. The van der Waals surface area contributed by atoms with E-state index in [2.05, 4.69) is 50.5 Å². The maximum atomic E-state index is 12.8. The summed E-state index contributed by atoms with van der Waals surface area (Å²) in [6, 6.07) is 20.6. The van der Waals surface area contributed by atoms with Gasteiger partial charge in [-0.1, -0.05) is 12.1 Å². The standard InChI is InChI=1S/C52H68N2O12/c1-53(23-19-37-31-47(61-7)49(63-9)33-39(37)41(53)27-35-13-15-43(57-3)45(29-35)59-5)21-11-25-65-51(55)17-18-52(56)66-26-12-22-54(2)24-20-38-32-48(62-8)50(64-10)34-40(38)42(54)28-36-14-16-44(58-4)46(30-36)60-6/h13-18,29-34,41-42H,11-12,19-28H2,1-10H3/q+2. The normalized spacial score (nSPS) is 19.8. The summed E-state index contributed by atoms with van der Waals surface area (Å²) in [7, 11) is 17.7. The van der Waals surface area contributed by atoms with Crippen LogP contribution in [0.25, 0.3) is 0 Å². The van der Waals surface area contributed by atoms with Gasteiger partial charge in [0, 0.05) is 61.8 Å². The van der Waals surface area contributed by atoms with Crippen LogP contribution in [0.4, 0.5) is 0 Å². The first-order valence-electron chi connectivity index (χ1n) is 22.5. The second-order valence-electron chi connectivity index (χ2n) is 17.4. The van der Waals surface area contributed by atoms with Crippen molar-refractivity contribution in [2.24, 2.45) is 0 Å². The van der Waals surface area contributed by atoms with Crippen molar-refractivity contribution in [2.75, 3.05) is 110 Å². The quantitative estimate of drug-likeness (QED) is 0.0337. The predicted molar refractivity (Wildman–Crippen MR) is 251 cm³/mol. The number of carbonyl (C=O) groups is 2. The van der Waals surface area contributed by atoms with E-state index in [1.807, 2.05) is 24.3 Å². The predicted octanol–water partition coefficient (Wildman–Crippen LogP) is 7.45. The molecule has 0 saturated heterocycles. The molecule has 0 aromatic heterocycles. The highest BCUT2D eigenvalue weighted by Crippen LogP contribution is 2.45. The van der Waals surface area contributed by atoms with E-state index in [9.17, 15) is 9.59 Å². The zero-order chi connectivity index (χ0) is 47.4. The van der Waals surface area contributed by atoms with Gasteiger partial charge in [0.2, 0.25) is 0 Å². The van der Waals surface area contributed by atoms with Gasteiger partial charge in [-0.15, -0.1) is 0 Å². The van der Waals surface area contributed by atoms with E-state index in [1.54, 1.807) is 56.9 Å². The third-order valence-electron chi connectivity index (χ3n) is 13.5. The highest BCUT2D eigenvalue weighted by Gasteiger charge is 2.41. The summed E-state index contributed by atoms with van der Waals surface area (Å²) in [5.41, 5.74) is 7.06. The summed E-state index contributed by atoms with van der Waals surface area (Å²) in [5, 5.41) is 0. The number of hydrogen-bond acceptors (Lipinski definition) is 12. The van der Waals surface area contributed by atoms with Crippen LogP contribution in [-0.2, 0) is 44.7 Å². The lowest BCUT2D eigenvalue weighted by molar-refractivity contribution is -0.941. The number of methoxy groups -OCH3 is 8. The van der Waals surface area contributed by atoms with E-state index in [0.29, 0.717) is 58.8 Å². The first kappa shape index (κ1) is 49.3. The zero-order valence-electron chi connectivity index (χ0n) is 40.4. The molecule has 2 aliphatic rings. The van der Waals surface area contributed by atoms with Gasteiger partial charge in [-0.2, -0.15) is 0 Å². The number of benzene rings is 4. The van der Waals surface area contributed by atoms with Crippen molar-refractivity contribution < 1.29 is 65.9 Å². The molecule has 4 atom stereocenters. The average Bonchev–Trinajstić information content (AvgIpc) is 3.34. The molecule has 6 rings (SSSR count). The lowest BCUT2D eigenvalue weighted by Gasteiger charge is -2.46. The van der Waals surface area contributed by atoms with Gasteiger partial charge in [0.1, 0.15) is 12.1 Å². The Hall–Kier alpha value is -6.12. The smallest absolute Gasteiger partial charge is 0.331 e. The summed E-state index contributed by atoms with van der Waals surface area (Å²) in [6.45, 7) is 3.69. The summed E-state index contributed by atoms with van der Waals surface area (Å²) in [4.78, 5) is 25.6. The summed E-state index contributed by atoms with van der Waals surface area (Å²) >= 11 is 0. The Morgan fingerprint density at radius 2 is 0.818 bits per heavy atom. The Bertz CT molecular complexity index is 2190. The third kappa shape index (κ3) is 11.3. The van der Waals surface area contributed by atoms with Crippen LogP contribution in [0.5, 0.6) is 46.0 Å². The van der Waals surface area contributed by atoms with Crippen molar-refractivity contribution in [1.82, 2.24) is 0 Å². The van der Waals surface area contributed by atoms with Crippen molar-refractivity contribution in [3.63, 3.8) is 0 Å². The van der Waals surface area contributed by atoms with Crippen LogP contribution in [0, 0.1) is 0 Å². The van der Waals surface area contributed by atoms with Gasteiger partial charge >= 0.3 is 11.9 Å². The summed E-state index contributed by atoms with van der Waals surface area (Å²) < 4.78 is 57.7. The highest BCUT2D eigenvalue weighted by molar-refractivity contribution is 5.91. The number of esters is 2. The van der Waals surface area contributed by atoms with Crippen molar-refractivity contribution in [3.8, 4) is 46.0 Å². The van der Waals surface area contributed by atoms with Crippen LogP contribution >= 0.6 is 0 Å². The van der Waals surface area contributed by atoms with Crippen molar-refractivity contribution in [1.29, 1.82) is 0 Å². The molecule has 2 aliphatic heterocycles. The average molecular weight is 913 g/mol. The van der Waals surface area contributed by atoms with E-state index in [-0.39, 0.29) is 25.3 Å². The molecule has 0 aliphatic carbocycles. The van der Waals surface area contributed by atoms with Crippen molar-refractivity contribution in [2.45, 2.75) is 50.6 Å². The van der Waals surface area contributed by atoms with E-state index < -0.39 is 11.9 Å². The molecule has 4 aromatic carbocycles. The van der Waals surface area contributed by atoms with Gasteiger partial charge in [0.05, 0.1) is 110 Å².